The molecule has 1 aromatic carbocycles. The molecule has 5 rings (SSSR count). The molecule has 0 radical (unpaired) electrons. The van der Waals surface area contributed by atoms with Gasteiger partial charge in [-0.05, 0) is 17.7 Å². The first-order valence-corrected chi connectivity index (χ1v) is 12.7. The lowest BCUT2D eigenvalue weighted by atomic mass is 10.1. The molecule has 2 saturated heterocycles. The van der Waals surface area contributed by atoms with Gasteiger partial charge >= 0.3 is 5.97 Å². The number of phenolic OH excluding ortho intramolecular Hbond substituents is 1. The standard InChI is InChI=1S/C26H25N7O8/c1-14(34)31-8-10-32(11-9-31)26-28-12-17-22(38)18(13-27-23(17)30-26)24(39)29-21(15-2-4-16(35)5-3-15)25(40)41-33-19(36)6-7-20(33)37/h2-5,12-13,21,35H,6-11H2,1H3,(H,29,39)(H,27,28,30,38). The van der Waals surface area contributed by atoms with Crippen molar-refractivity contribution in [3.8, 4) is 5.75 Å². The second-order valence-corrected chi connectivity index (χ2v) is 9.45. The molecule has 0 bridgehead atoms. The number of imide groups is 1. The van der Waals surface area contributed by atoms with Crippen LogP contribution in [0, 0.1) is 0 Å². The van der Waals surface area contributed by atoms with E-state index in [0.717, 1.165) is 6.20 Å². The highest BCUT2D eigenvalue weighted by molar-refractivity contribution is 6.02. The van der Waals surface area contributed by atoms with Crippen molar-refractivity contribution in [1.82, 2.24) is 30.2 Å². The molecule has 2 fully saturated rings. The van der Waals surface area contributed by atoms with Gasteiger partial charge in [0.15, 0.2) is 6.04 Å². The molecule has 15 heteroatoms. The Kier molecular flexibility index (Phi) is 7.33. The Morgan fingerprint density at radius 3 is 2.32 bits per heavy atom. The van der Waals surface area contributed by atoms with Crippen LogP contribution in [0.2, 0.25) is 0 Å². The predicted molar refractivity (Wildman–Crippen MR) is 140 cm³/mol. The highest BCUT2D eigenvalue weighted by Crippen LogP contribution is 2.22. The number of carbonyl (C=O) groups is 5. The number of aromatic amines is 1. The van der Waals surface area contributed by atoms with E-state index < -0.39 is 35.2 Å². The minimum atomic E-state index is -1.54. The zero-order chi connectivity index (χ0) is 29.3. The highest BCUT2D eigenvalue weighted by Gasteiger charge is 2.36. The van der Waals surface area contributed by atoms with E-state index in [0.29, 0.717) is 37.2 Å². The number of hydrogen-bond donors (Lipinski definition) is 3. The Bertz CT molecular complexity index is 1600. The van der Waals surface area contributed by atoms with Crippen LogP contribution in [0.25, 0.3) is 11.0 Å². The summed E-state index contributed by atoms with van der Waals surface area (Å²) in [6.45, 7) is 3.55. The summed E-state index contributed by atoms with van der Waals surface area (Å²) >= 11 is 0. The molecule has 1 unspecified atom stereocenters. The monoisotopic (exact) mass is 563 g/mol. The van der Waals surface area contributed by atoms with Gasteiger partial charge in [0.2, 0.25) is 17.3 Å². The maximum Gasteiger partial charge on any atom is 0.359 e. The SMILES string of the molecule is CC(=O)N1CCN(c2ncc3c(=O)c(C(=O)NC(C(=O)ON4C(=O)CCC4=O)c4ccc(O)cc4)c[nH]c3n2)CC1. The van der Waals surface area contributed by atoms with E-state index in [4.69, 9.17) is 4.84 Å². The van der Waals surface area contributed by atoms with E-state index >= 15 is 0 Å². The highest BCUT2D eigenvalue weighted by atomic mass is 16.7. The van der Waals surface area contributed by atoms with Gasteiger partial charge in [-0.25, -0.2) is 9.78 Å². The molecule has 212 valence electrons. The number of fused-ring (bicyclic) bond motifs is 1. The summed E-state index contributed by atoms with van der Waals surface area (Å²) in [7, 11) is 0. The van der Waals surface area contributed by atoms with Crippen LogP contribution in [0.3, 0.4) is 0 Å². The van der Waals surface area contributed by atoms with E-state index in [1.807, 2.05) is 4.90 Å². The van der Waals surface area contributed by atoms with E-state index in [1.54, 1.807) is 4.90 Å². The lowest BCUT2D eigenvalue weighted by Crippen LogP contribution is -2.48. The van der Waals surface area contributed by atoms with Gasteiger partial charge in [-0.1, -0.05) is 12.1 Å². The molecule has 15 nitrogen and oxygen atoms in total. The Morgan fingerprint density at radius 1 is 1.02 bits per heavy atom. The summed E-state index contributed by atoms with van der Waals surface area (Å²) < 4.78 is 0. The molecule has 2 aliphatic heterocycles. The van der Waals surface area contributed by atoms with E-state index in [9.17, 15) is 33.9 Å². The number of hydrogen-bond acceptors (Lipinski definition) is 11. The van der Waals surface area contributed by atoms with Crippen LogP contribution in [0.1, 0.15) is 41.7 Å². The molecule has 4 amide bonds. The first-order chi connectivity index (χ1) is 19.6. The van der Waals surface area contributed by atoms with Gasteiger partial charge < -0.3 is 30.0 Å². The molecule has 2 aromatic heterocycles. The molecule has 0 aliphatic carbocycles. The molecule has 3 N–H and O–H groups in total. The van der Waals surface area contributed by atoms with Gasteiger partial charge in [0.05, 0.1) is 5.39 Å². The van der Waals surface area contributed by atoms with Crippen molar-refractivity contribution in [1.29, 1.82) is 0 Å². The summed E-state index contributed by atoms with van der Waals surface area (Å²) in [5.41, 5.74) is -0.706. The fourth-order valence-corrected chi connectivity index (χ4v) is 4.50. The number of hydroxylamine groups is 2. The van der Waals surface area contributed by atoms with Crippen molar-refractivity contribution in [2.24, 2.45) is 0 Å². The summed E-state index contributed by atoms with van der Waals surface area (Å²) in [6.07, 6.45) is 2.21. The molecule has 4 heterocycles. The number of carbonyl (C=O) groups excluding carboxylic acids is 5. The second-order valence-electron chi connectivity index (χ2n) is 9.45. The molecule has 3 aromatic rings. The largest absolute Gasteiger partial charge is 0.508 e. The molecule has 2 aliphatic rings. The van der Waals surface area contributed by atoms with Gasteiger partial charge in [0.25, 0.3) is 17.7 Å². The summed E-state index contributed by atoms with van der Waals surface area (Å²) in [6, 6.07) is 3.68. The number of anilines is 1. The molecular formula is C26H25N7O8. The van der Waals surface area contributed by atoms with Crippen LogP contribution in [0.4, 0.5) is 5.95 Å². The van der Waals surface area contributed by atoms with Gasteiger partial charge in [-0.15, -0.1) is 5.06 Å². The van der Waals surface area contributed by atoms with Crippen LogP contribution >= 0.6 is 0 Å². The first kappa shape index (κ1) is 27.2. The normalized spacial score (nSPS) is 16.2. The number of aromatic nitrogens is 3. The Morgan fingerprint density at radius 2 is 1.68 bits per heavy atom. The zero-order valence-electron chi connectivity index (χ0n) is 21.8. The Labute approximate surface area is 231 Å². The van der Waals surface area contributed by atoms with Gasteiger partial charge in [-0.2, -0.15) is 4.98 Å². The molecule has 41 heavy (non-hydrogen) atoms. The fraction of sp³-hybridized carbons (Fsp3) is 0.308. The number of aromatic hydroxyl groups is 1. The number of amides is 4. The van der Waals surface area contributed by atoms with E-state index in [-0.39, 0.29) is 46.7 Å². The lowest BCUT2D eigenvalue weighted by molar-refractivity contribution is -0.199. The topological polar surface area (TPSA) is 195 Å². The van der Waals surface area contributed by atoms with Gasteiger partial charge in [0.1, 0.15) is 17.0 Å². The third kappa shape index (κ3) is 5.54. The maximum atomic E-state index is 13.2. The number of piperazine rings is 1. The Balaban J connectivity index is 1.38. The molecular weight excluding hydrogens is 538 g/mol. The summed E-state index contributed by atoms with van der Waals surface area (Å²) in [5.74, 6) is -3.28. The van der Waals surface area contributed by atoms with Crippen molar-refractivity contribution in [3.05, 3.63) is 58.0 Å². The number of rotatable bonds is 6. The van der Waals surface area contributed by atoms with Crippen LogP contribution < -0.4 is 15.6 Å². The van der Waals surface area contributed by atoms with Crippen molar-refractivity contribution < 1.29 is 33.9 Å². The number of pyridine rings is 1. The van der Waals surface area contributed by atoms with E-state index in [2.05, 4.69) is 20.3 Å². The molecule has 0 spiro atoms. The van der Waals surface area contributed by atoms with E-state index in [1.165, 1.54) is 37.4 Å². The zero-order valence-corrected chi connectivity index (χ0v) is 21.8. The third-order valence-corrected chi connectivity index (χ3v) is 6.80. The van der Waals surface area contributed by atoms with Gasteiger partial charge in [0, 0.05) is 58.3 Å². The van der Waals surface area contributed by atoms with Crippen molar-refractivity contribution in [2.75, 3.05) is 31.1 Å². The quantitative estimate of drug-likeness (QED) is 0.335. The Hall–Kier alpha value is -5.34. The summed E-state index contributed by atoms with van der Waals surface area (Å²) in [5, 5.41) is 12.4. The number of benzene rings is 1. The second kappa shape index (κ2) is 11.0. The van der Waals surface area contributed by atoms with Crippen molar-refractivity contribution in [2.45, 2.75) is 25.8 Å². The first-order valence-electron chi connectivity index (χ1n) is 12.7. The van der Waals surface area contributed by atoms with Crippen molar-refractivity contribution >= 4 is 46.6 Å². The number of phenols is 1. The molecule has 0 saturated carbocycles. The van der Waals surface area contributed by atoms with Crippen LogP contribution in [-0.2, 0) is 24.0 Å². The maximum absolute atomic E-state index is 13.2. The lowest BCUT2D eigenvalue weighted by Gasteiger charge is -2.34. The fourth-order valence-electron chi connectivity index (χ4n) is 4.50. The number of nitrogens with zero attached hydrogens (tertiary/aromatic N) is 5. The average Bonchev–Trinajstić information content (AvgIpc) is 3.28. The third-order valence-electron chi connectivity index (χ3n) is 6.80. The number of H-pyrrole nitrogens is 1. The minimum absolute atomic E-state index is 0.0156. The molecule has 1 atom stereocenters. The number of nitrogens with one attached hydrogen (secondary N) is 2. The van der Waals surface area contributed by atoms with Gasteiger partial charge in [-0.3, -0.25) is 24.0 Å². The smallest absolute Gasteiger partial charge is 0.359 e. The predicted octanol–water partition coefficient (Wildman–Crippen LogP) is -0.229. The van der Waals surface area contributed by atoms with Crippen molar-refractivity contribution in [3.63, 3.8) is 0 Å². The average molecular weight is 564 g/mol. The van der Waals surface area contributed by atoms with Crippen LogP contribution in [0.15, 0.2) is 41.5 Å². The van der Waals surface area contributed by atoms with Crippen LogP contribution in [-0.4, -0.2) is 85.8 Å². The van der Waals surface area contributed by atoms with Crippen LogP contribution in [0.5, 0.6) is 5.75 Å². The summed E-state index contributed by atoms with van der Waals surface area (Å²) in [4.78, 5) is 95.0. The minimum Gasteiger partial charge on any atom is -0.508 e.